The fourth-order valence-corrected chi connectivity index (χ4v) is 2.14. The Morgan fingerprint density at radius 3 is 2.45 bits per heavy atom. The first-order valence-corrected chi connectivity index (χ1v) is 5.99. The van der Waals surface area contributed by atoms with Crippen LogP contribution in [0.1, 0.15) is 11.3 Å². The van der Waals surface area contributed by atoms with Crippen molar-refractivity contribution in [2.45, 2.75) is 6.42 Å². The summed E-state index contributed by atoms with van der Waals surface area (Å²) in [6.07, 6.45) is 0.259. The number of phenolic OH excluding ortho intramolecular Hbond substituents is 3. The number of benzene rings is 2. The lowest BCUT2D eigenvalue weighted by atomic mass is 10.1. The van der Waals surface area contributed by atoms with Crippen LogP contribution in [-0.2, 0) is 6.42 Å². The molecule has 0 aliphatic carbocycles. The molecule has 1 aromatic heterocycles. The molecule has 0 aliphatic heterocycles. The Kier molecular flexibility index (Phi) is 2.68. The normalized spacial score (nSPS) is 11.0. The molecule has 0 amide bonds. The lowest BCUT2D eigenvalue weighted by Gasteiger charge is -1.99. The van der Waals surface area contributed by atoms with Crippen molar-refractivity contribution in [3.8, 4) is 23.0 Å². The lowest BCUT2D eigenvalue weighted by molar-refractivity contribution is 0.397. The van der Waals surface area contributed by atoms with Gasteiger partial charge in [-0.1, -0.05) is 12.1 Å². The van der Waals surface area contributed by atoms with E-state index in [2.05, 4.69) is 0 Å². The monoisotopic (exact) mass is 272 g/mol. The zero-order valence-electron chi connectivity index (χ0n) is 10.4. The SMILES string of the molecule is Oc1cccc(Cc2oc3c(O)c(O)ccc3c2O)c1. The van der Waals surface area contributed by atoms with Gasteiger partial charge in [0.15, 0.2) is 22.8 Å². The van der Waals surface area contributed by atoms with Gasteiger partial charge in [-0.2, -0.15) is 0 Å². The summed E-state index contributed by atoms with van der Waals surface area (Å²) in [5.74, 6) is -0.418. The fraction of sp³-hybridized carbons (Fsp3) is 0.0667. The molecule has 0 fully saturated rings. The van der Waals surface area contributed by atoms with E-state index in [-0.39, 0.29) is 35.0 Å². The van der Waals surface area contributed by atoms with Gasteiger partial charge in [0.2, 0.25) is 5.75 Å². The minimum atomic E-state index is -0.403. The number of rotatable bonds is 2. The van der Waals surface area contributed by atoms with Crippen molar-refractivity contribution in [1.82, 2.24) is 0 Å². The van der Waals surface area contributed by atoms with E-state index in [1.807, 2.05) is 0 Å². The van der Waals surface area contributed by atoms with Gasteiger partial charge < -0.3 is 24.8 Å². The average molecular weight is 272 g/mol. The minimum Gasteiger partial charge on any atom is -0.508 e. The van der Waals surface area contributed by atoms with Crippen LogP contribution in [0, 0.1) is 0 Å². The second kappa shape index (κ2) is 4.38. The van der Waals surface area contributed by atoms with Crippen LogP contribution in [0.4, 0.5) is 0 Å². The van der Waals surface area contributed by atoms with Crippen molar-refractivity contribution in [3.05, 3.63) is 47.7 Å². The molecular weight excluding hydrogens is 260 g/mol. The Hall–Kier alpha value is -2.82. The van der Waals surface area contributed by atoms with E-state index in [4.69, 9.17) is 4.42 Å². The van der Waals surface area contributed by atoms with Gasteiger partial charge >= 0.3 is 0 Å². The lowest BCUT2D eigenvalue weighted by Crippen LogP contribution is -1.85. The van der Waals surface area contributed by atoms with Gasteiger partial charge in [0.25, 0.3) is 0 Å². The molecule has 0 saturated carbocycles. The molecule has 0 radical (unpaired) electrons. The Bertz CT molecular complexity index is 788. The van der Waals surface area contributed by atoms with Gasteiger partial charge in [-0.05, 0) is 29.8 Å². The predicted molar refractivity (Wildman–Crippen MR) is 72.1 cm³/mol. The van der Waals surface area contributed by atoms with Gasteiger partial charge in [-0.3, -0.25) is 0 Å². The number of hydrogen-bond acceptors (Lipinski definition) is 5. The van der Waals surface area contributed by atoms with E-state index in [0.717, 1.165) is 5.56 Å². The van der Waals surface area contributed by atoms with Crippen molar-refractivity contribution in [3.63, 3.8) is 0 Å². The maximum atomic E-state index is 10.1. The summed E-state index contributed by atoms with van der Waals surface area (Å²) < 4.78 is 5.41. The Morgan fingerprint density at radius 1 is 0.900 bits per heavy atom. The number of furan rings is 1. The highest BCUT2D eigenvalue weighted by molar-refractivity contribution is 5.91. The fourth-order valence-electron chi connectivity index (χ4n) is 2.14. The molecule has 0 unspecified atom stereocenters. The highest BCUT2D eigenvalue weighted by Crippen LogP contribution is 2.41. The smallest absolute Gasteiger partial charge is 0.201 e. The van der Waals surface area contributed by atoms with Crippen molar-refractivity contribution in [1.29, 1.82) is 0 Å². The third-order valence-corrected chi connectivity index (χ3v) is 3.13. The number of fused-ring (bicyclic) bond motifs is 1. The number of aromatic hydroxyl groups is 4. The molecule has 4 N–H and O–H groups in total. The molecule has 0 atom stereocenters. The Balaban J connectivity index is 2.08. The molecule has 20 heavy (non-hydrogen) atoms. The molecule has 0 spiro atoms. The van der Waals surface area contributed by atoms with Crippen LogP contribution < -0.4 is 0 Å². The first-order valence-electron chi connectivity index (χ1n) is 5.99. The molecule has 1 heterocycles. The molecule has 5 heteroatoms. The van der Waals surface area contributed by atoms with Gasteiger partial charge in [-0.25, -0.2) is 0 Å². The van der Waals surface area contributed by atoms with Gasteiger partial charge in [0, 0.05) is 6.42 Å². The van der Waals surface area contributed by atoms with E-state index in [0.29, 0.717) is 5.39 Å². The van der Waals surface area contributed by atoms with Gasteiger partial charge in [0.1, 0.15) is 5.75 Å². The average Bonchev–Trinajstić information content (AvgIpc) is 2.72. The third-order valence-electron chi connectivity index (χ3n) is 3.13. The molecule has 0 bridgehead atoms. The van der Waals surface area contributed by atoms with Crippen molar-refractivity contribution in [2.24, 2.45) is 0 Å². The molecular formula is C15H12O5. The van der Waals surface area contributed by atoms with Crippen molar-refractivity contribution >= 4 is 11.0 Å². The minimum absolute atomic E-state index is 0.0395. The van der Waals surface area contributed by atoms with Gasteiger partial charge in [0.05, 0.1) is 5.39 Å². The predicted octanol–water partition coefficient (Wildman–Crippen LogP) is 2.85. The summed E-state index contributed by atoms with van der Waals surface area (Å²) in [4.78, 5) is 0. The quantitative estimate of drug-likeness (QED) is 0.538. The Labute approximate surface area is 114 Å². The first kappa shape index (κ1) is 12.2. The van der Waals surface area contributed by atoms with E-state index < -0.39 is 5.75 Å². The van der Waals surface area contributed by atoms with Crippen LogP contribution >= 0.6 is 0 Å². The molecule has 102 valence electrons. The second-order valence-electron chi connectivity index (χ2n) is 4.53. The zero-order chi connectivity index (χ0) is 14.3. The zero-order valence-corrected chi connectivity index (χ0v) is 10.4. The van der Waals surface area contributed by atoms with E-state index in [1.165, 1.54) is 12.1 Å². The van der Waals surface area contributed by atoms with Crippen LogP contribution in [0.2, 0.25) is 0 Å². The summed E-state index contributed by atoms with van der Waals surface area (Å²) in [5, 5.41) is 39.0. The van der Waals surface area contributed by atoms with E-state index in [9.17, 15) is 20.4 Å². The van der Waals surface area contributed by atoms with E-state index in [1.54, 1.807) is 24.3 Å². The summed E-state index contributed by atoms with van der Waals surface area (Å²) in [6.45, 7) is 0. The molecule has 0 saturated heterocycles. The maximum absolute atomic E-state index is 10.1. The molecule has 2 aromatic carbocycles. The second-order valence-corrected chi connectivity index (χ2v) is 4.53. The topological polar surface area (TPSA) is 94.1 Å². The van der Waals surface area contributed by atoms with Crippen LogP contribution in [0.5, 0.6) is 23.0 Å². The number of hydrogen-bond donors (Lipinski definition) is 4. The summed E-state index contributed by atoms with van der Waals surface area (Å²) >= 11 is 0. The third kappa shape index (κ3) is 1.89. The van der Waals surface area contributed by atoms with Crippen LogP contribution in [0.3, 0.4) is 0 Å². The van der Waals surface area contributed by atoms with Crippen molar-refractivity contribution < 1.29 is 24.8 Å². The van der Waals surface area contributed by atoms with Crippen molar-refractivity contribution in [2.75, 3.05) is 0 Å². The summed E-state index contributed by atoms with van der Waals surface area (Å²) in [6, 6.07) is 9.33. The van der Waals surface area contributed by atoms with Crippen LogP contribution in [-0.4, -0.2) is 20.4 Å². The van der Waals surface area contributed by atoms with Crippen LogP contribution in [0.15, 0.2) is 40.8 Å². The van der Waals surface area contributed by atoms with E-state index >= 15 is 0 Å². The molecule has 5 nitrogen and oxygen atoms in total. The standard InChI is InChI=1S/C15H12O5/c16-9-3-1-2-8(6-9)7-12-13(18)10-4-5-11(17)14(19)15(10)20-12/h1-6,16-19H,7H2. The van der Waals surface area contributed by atoms with Gasteiger partial charge in [-0.15, -0.1) is 0 Å². The highest BCUT2D eigenvalue weighted by Gasteiger charge is 2.18. The van der Waals surface area contributed by atoms with Crippen LogP contribution in [0.25, 0.3) is 11.0 Å². The molecule has 0 aliphatic rings. The molecule has 3 rings (SSSR count). The summed E-state index contributed by atoms with van der Waals surface area (Å²) in [5.41, 5.74) is 0.792. The highest BCUT2D eigenvalue weighted by atomic mass is 16.4. The Morgan fingerprint density at radius 2 is 1.70 bits per heavy atom. The summed E-state index contributed by atoms with van der Waals surface area (Å²) in [7, 11) is 0. The number of phenols is 3. The maximum Gasteiger partial charge on any atom is 0.201 e. The molecule has 3 aromatic rings. The first-order chi connectivity index (χ1) is 9.56. The largest absolute Gasteiger partial charge is 0.508 e.